The van der Waals surface area contributed by atoms with Crippen LogP contribution >= 0.6 is 0 Å². The number of aryl methyl sites for hydroxylation is 1. The van der Waals surface area contributed by atoms with Crippen molar-refractivity contribution in [3.8, 4) is 11.4 Å². The highest BCUT2D eigenvalue weighted by Crippen LogP contribution is 2.18. The lowest BCUT2D eigenvalue weighted by Gasteiger charge is -2.03. The molecule has 0 fully saturated rings. The van der Waals surface area contributed by atoms with Gasteiger partial charge in [0.1, 0.15) is 17.9 Å². The van der Waals surface area contributed by atoms with Gasteiger partial charge in [0, 0.05) is 25.5 Å². The minimum Gasteiger partial charge on any atom is -0.314 e. The standard InChI is InChI=1S/C13H14FN3O/c1-17-12(4-2-3-9-18)15-16-13(17)10-5-7-11(14)8-6-10/h5-9H,2-4H2,1H3. The molecular weight excluding hydrogens is 233 g/mol. The third kappa shape index (κ3) is 2.61. The summed E-state index contributed by atoms with van der Waals surface area (Å²) in [6, 6.07) is 6.15. The van der Waals surface area contributed by atoms with E-state index >= 15 is 0 Å². The SMILES string of the molecule is Cn1c(CCCC=O)nnc1-c1ccc(F)cc1. The summed E-state index contributed by atoms with van der Waals surface area (Å²) in [4.78, 5) is 10.3. The first kappa shape index (κ1) is 12.4. The fourth-order valence-corrected chi connectivity index (χ4v) is 1.77. The molecule has 0 atom stereocenters. The largest absolute Gasteiger partial charge is 0.314 e. The second kappa shape index (κ2) is 5.53. The molecule has 0 aliphatic heterocycles. The van der Waals surface area contributed by atoms with E-state index < -0.39 is 0 Å². The van der Waals surface area contributed by atoms with Gasteiger partial charge in [-0.3, -0.25) is 0 Å². The monoisotopic (exact) mass is 247 g/mol. The Morgan fingerprint density at radius 2 is 2.00 bits per heavy atom. The molecule has 5 heteroatoms. The van der Waals surface area contributed by atoms with Gasteiger partial charge in [0.05, 0.1) is 0 Å². The van der Waals surface area contributed by atoms with Crippen LogP contribution in [0.25, 0.3) is 11.4 Å². The smallest absolute Gasteiger partial charge is 0.163 e. The maximum absolute atomic E-state index is 12.8. The predicted molar refractivity (Wildman–Crippen MR) is 65.4 cm³/mol. The fourth-order valence-electron chi connectivity index (χ4n) is 1.77. The normalized spacial score (nSPS) is 10.6. The van der Waals surface area contributed by atoms with Gasteiger partial charge in [-0.15, -0.1) is 10.2 Å². The van der Waals surface area contributed by atoms with Gasteiger partial charge in [-0.05, 0) is 30.7 Å². The summed E-state index contributed by atoms with van der Waals surface area (Å²) in [6.07, 6.45) is 2.90. The maximum atomic E-state index is 12.8. The Hall–Kier alpha value is -2.04. The zero-order valence-corrected chi connectivity index (χ0v) is 10.1. The summed E-state index contributed by atoms with van der Waals surface area (Å²) in [5.74, 6) is 1.26. The first-order chi connectivity index (χ1) is 8.72. The van der Waals surface area contributed by atoms with Crippen LogP contribution in [0.5, 0.6) is 0 Å². The summed E-state index contributed by atoms with van der Waals surface area (Å²) < 4.78 is 14.7. The first-order valence-electron chi connectivity index (χ1n) is 5.80. The van der Waals surface area contributed by atoms with E-state index in [2.05, 4.69) is 10.2 Å². The number of halogens is 1. The minimum atomic E-state index is -0.271. The van der Waals surface area contributed by atoms with Crippen molar-refractivity contribution < 1.29 is 9.18 Å². The summed E-state index contributed by atoms with van der Waals surface area (Å²) in [7, 11) is 1.87. The van der Waals surface area contributed by atoms with Crippen LogP contribution in [0.15, 0.2) is 24.3 Å². The van der Waals surface area contributed by atoms with Gasteiger partial charge in [0.2, 0.25) is 0 Å². The van der Waals surface area contributed by atoms with Crippen molar-refractivity contribution in [2.24, 2.45) is 7.05 Å². The number of carbonyl (C=O) groups is 1. The average Bonchev–Trinajstić information content (AvgIpc) is 2.73. The van der Waals surface area contributed by atoms with E-state index in [1.165, 1.54) is 12.1 Å². The average molecular weight is 247 g/mol. The molecule has 2 rings (SSSR count). The van der Waals surface area contributed by atoms with Crippen molar-refractivity contribution in [3.05, 3.63) is 35.9 Å². The van der Waals surface area contributed by atoms with Gasteiger partial charge in [0.15, 0.2) is 5.82 Å². The Balaban J connectivity index is 2.19. The van der Waals surface area contributed by atoms with Crippen molar-refractivity contribution in [1.82, 2.24) is 14.8 Å². The number of aldehydes is 1. The van der Waals surface area contributed by atoms with Crippen LogP contribution in [0, 0.1) is 5.82 Å². The third-order valence-corrected chi connectivity index (χ3v) is 2.79. The van der Waals surface area contributed by atoms with Gasteiger partial charge in [-0.1, -0.05) is 0 Å². The molecule has 0 amide bonds. The number of rotatable bonds is 5. The molecule has 1 aromatic carbocycles. The van der Waals surface area contributed by atoms with E-state index in [1.54, 1.807) is 12.1 Å². The number of aromatic nitrogens is 3. The fraction of sp³-hybridized carbons (Fsp3) is 0.308. The van der Waals surface area contributed by atoms with Crippen LogP contribution < -0.4 is 0 Å². The maximum Gasteiger partial charge on any atom is 0.163 e. The molecule has 0 saturated carbocycles. The second-order valence-corrected chi connectivity index (χ2v) is 4.06. The second-order valence-electron chi connectivity index (χ2n) is 4.06. The molecule has 0 radical (unpaired) electrons. The highest BCUT2D eigenvalue weighted by molar-refractivity contribution is 5.55. The summed E-state index contributed by atoms with van der Waals surface area (Å²) >= 11 is 0. The summed E-state index contributed by atoms with van der Waals surface area (Å²) in [5, 5.41) is 8.19. The number of benzene rings is 1. The Bertz CT molecular complexity index is 534. The summed E-state index contributed by atoms with van der Waals surface area (Å²) in [5.41, 5.74) is 0.827. The molecule has 0 aliphatic carbocycles. The number of carbonyl (C=O) groups excluding carboxylic acids is 1. The zero-order valence-electron chi connectivity index (χ0n) is 10.1. The molecule has 4 nitrogen and oxygen atoms in total. The van der Waals surface area contributed by atoms with Crippen LogP contribution in [0.4, 0.5) is 4.39 Å². The molecule has 18 heavy (non-hydrogen) atoms. The number of hydrogen-bond acceptors (Lipinski definition) is 3. The molecule has 2 aromatic rings. The highest BCUT2D eigenvalue weighted by Gasteiger charge is 2.10. The molecule has 0 N–H and O–H groups in total. The lowest BCUT2D eigenvalue weighted by Crippen LogP contribution is -2.00. The van der Waals surface area contributed by atoms with Crippen molar-refractivity contribution in [1.29, 1.82) is 0 Å². The first-order valence-corrected chi connectivity index (χ1v) is 5.80. The van der Waals surface area contributed by atoms with Crippen molar-refractivity contribution in [2.45, 2.75) is 19.3 Å². The van der Waals surface area contributed by atoms with Crippen LogP contribution in [0.3, 0.4) is 0 Å². The molecule has 1 aromatic heterocycles. The molecule has 0 bridgehead atoms. The van der Waals surface area contributed by atoms with Gasteiger partial charge in [-0.2, -0.15) is 0 Å². The molecule has 1 heterocycles. The molecule has 0 unspecified atom stereocenters. The van der Waals surface area contributed by atoms with E-state index in [9.17, 15) is 9.18 Å². The van der Waals surface area contributed by atoms with E-state index in [-0.39, 0.29) is 5.82 Å². The topological polar surface area (TPSA) is 47.8 Å². The van der Waals surface area contributed by atoms with Crippen LogP contribution in [-0.4, -0.2) is 21.1 Å². The van der Waals surface area contributed by atoms with Crippen LogP contribution in [0.2, 0.25) is 0 Å². The highest BCUT2D eigenvalue weighted by atomic mass is 19.1. The van der Waals surface area contributed by atoms with E-state index in [0.29, 0.717) is 18.7 Å². The summed E-state index contributed by atoms with van der Waals surface area (Å²) in [6.45, 7) is 0. The molecular formula is C13H14FN3O. The molecule has 0 saturated heterocycles. The Morgan fingerprint density at radius 1 is 1.28 bits per heavy atom. The molecule has 0 aliphatic rings. The van der Waals surface area contributed by atoms with Crippen molar-refractivity contribution in [2.75, 3.05) is 0 Å². The van der Waals surface area contributed by atoms with E-state index in [4.69, 9.17) is 0 Å². The van der Waals surface area contributed by atoms with E-state index in [0.717, 1.165) is 24.1 Å². The lowest BCUT2D eigenvalue weighted by molar-refractivity contribution is -0.107. The third-order valence-electron chi connectivity index (χ3n) is 2.79. The Labute approximate surface area is 104 Å². The number of unbranched alkanes of at least 4 members (excludes halogenated alkanes) is 1. The van der Waals surface area contributed by atoms with E-state index in [1.807, 2.05) is 11.6 Å². The zero-order chi connectivity index (χ0) is 13.0. The predicted octanol–water partition coefficient (Wildman–Crippen LogP) is 2.14. The van der Waals surface area contributed by atoms with Gasteiger partial charge in [0.25, 0.3) is 0 Å². The number of nitrogens with zero attached hydrogens (tertiary/aromatic N) is 3. The number of hydrogen-bond donors (Lipinski definition) is 0. The van der Waals surface area contributed by atoms with Gasteiger partial charge < -0.3 is 9.36 Å². The van der Waals surface area contributed by atoms with Crippen LogP contribution in [-0.2, 0) is 18.3 Å². The Morgan fingerprint density at radius 3 is 2.67 bits per heavy atom. The lowest BCUT2D eigenvalue weighted by atomic mass is 10.2. The van der Waals surface area contributed by atoms with Crippen molar-refractivity contribution in [3.63, 3.8) is 0 Å². The molecule has 0 spiro atoms. The van der Waals surface area contributed by atoms with Gasteiger partial charge >= 0.3 is 0 Å². The molecule has 94 valence electrons. The van der Waals surface area contributed by atoms with Gasteiger partial charge in [-0.25, -0.2) is 4.39 Å². The van der Waals surface area contributed by atoms with Crippen molar-refractivity contribution >= 4 is 6.29 Å². The minimum absolute atomic E-state index is 0.271. The Kier molecular flexibility index (Phi) is 3.82. The van der Waals surface area contributed by atoms with Crippen LogP contribution in [0.1, 0.15) is 18.7 Å². The quantitative estimate of drug-likeness (QED) is 0.600.